The Morgan fingerprint density at radius 2 is 1.48 bits per heavy atom. The van der Waals surface area contributed by atoms with Gasteiger partial charge in [0.05, 0.1) is 16.3 Å². The van der Waals surface area contributed by atoms with Crippen LogP contribution in [0.3, 0.4) is 0 Å². The zero-order valence-corrected chi connectivity index (χ0v) is 16.9. The van der Waals surface area contributed by atoms with Crippen LogP contribution in [0.25, 0.3) is 11.3 Å². The highest BCUT2D eigenvalue weighted by Gasteiger charge is 2.29. The molecular formula is C22H21N3O3S. The van der Waals surface area contributed by atoms with Crippen molar-refractivity contribution >= 4 is 23.2 Å². The van der Waals surface area contributed by atoms with Gasteiger partial charge in [0.25, 0.3) is 11.8 Å². The number of amides is 2. The molecule has 0 radical (unpaired) electrons. The second kappa shape index (κ2) is 8.05. The smallest absolute Gasteiger partial charge is 0.266 e. The van der Waals surface area contributed by atoms with Gasteiger partial charge in [0.15, 0.2) is 0 Å². The highest BCUT2D eigenvalue weighted by Crippen LogP contribution is 2.29. The van der Waals surface area contributed by atoms with Gasteiger partial charge in [0, 0.05) is 31.7 Å². The number of carbonyl (C=O) groups excluding carboxylic acids is 2. The van der Waals surface area contributed by atoms with Gasteiger partial charge in [-0.15, -0.1) is 11.3 Å². The number of aromatic nitrogens is 1. The number of nitrogens with zero attached hydrogens (tertiary/aromatic N) is 3. The van der Waals surface area contributed by atoms with Crippen LogP contribution in [0.2, 0.25) is 0 Å². The molecule has 4 rings (SSSR count). The molecule has 6 nitrogen and oxygen atoms in total. The van der Waals surface area contributed by atoms with E-state index in [1.54, 1.807) is 28.0 Å². The number of para-hydroxylation sites is 1. The standard InChI is InChI=1S/C22H21N3O3S/c1-15-23-19(16-7-3-2-4-8-16)20(29-15)22(28)25-13-11-24(12-14-25)21(27)17-9-5-6-10-18(17)26/h2-10,26H,11-14H2,1H3. The molecule has 0 saturated carbocycles. The van der Waals surface area contributed by atoms with Crippen LogP contribution in [0.4, 0.5) is 0 Å². The number of benzene rings is 2. The molecule has 1 aliphatic heterocycles. The Bertz CT molecular complexity index is 1040. The molecule has 1 fully saturated rings. The molecular weight excluding hydrogens is 386 g/mol. The van der Waals surface area contributed by atoms with Crippen molar-refractivity contribution in [1.29, 1.82) is 0 Å². The van der Waals surface area contributed by atoms with Crippen LogP contribution in [0.1, 0.15) is 25.0 Å². The molecule has 0 unspecified atom stereocenters. The third-order valence-corrected chi connectivity index (χ3v) is 5.92. The van der Waals surface area contributed by atoms with E-state index in [2.05, 4.69) is 4.98 Å². The molecule has 0 bridgehead atoms. The highest BCUT2D eigenvalue weighted by molar-refractivity contribution is 7.14. The first-order valence-electron chi connectivity index (χ1n) is 9.44. The summed E-state index contributed by atoms with van der Waals surface area (Å²) in [5.41, 5.74) is 1.93. The maximum absolute atomic E-state index is 13.2. The SMILES string of the molecule is Cc1nc(-c2ccccc2)c(C(=O)N2CCN(C(=O)c3ccccc3O)CC2)s1. The van der Waals surface area contributed by atoms with Gasteiger partial charge in [0.1, 0.15) is 10.6 Å². The van der Waals surface area contributed by atoms with Gasteiger partial charge < -0.3 is 14.9 Å². The molecule has 2 amide bonds. The number of hydrogen-bond donors (Lipinski definition) is 1. The van der Waals surface area contributed by atoms with Crippen molar-refractivity contribution < 1.29 is 14.7 Å². The van der Waals surface area contributed by atoms with Crippen molar-refractivity contribution in [3.63, 3.8) is 0 Å². The first-order chi connectivity index (χ1) is 14.0. The fourth-order valence-corrected chi connectivity index (χ4v) is 4.35. The predicted molar refractivity (Wildman–Crippen MR) is 112 cm³/mol. The van der Waals surface area contributed by atoms with Gasteiger partial charge in [-0.05, 0) is 19.1 Å². The van der Waals surface area contributed by atoms with E-state index in [0.717, 1.165) is 10.6 Å². The lowest BCUT2D eigenvalue weighted by Gasteiger charge is -2.34. The number of carbonyl (C=O) groups is 2. The van der Waals surface area contributed by atoms with Gasteiger partial charge in [-0.2, -0.15) is 0 Å². The third-order valence-electron chi connectivity index (χ3n) is 4.96. The van der Waals surface area contributed by atoms with E-state index in [1.165, 1.54) is 17.4 Å². The zero-order valence-electron chi connectivity index (χ0n) is 16.0. The minimum Gasteiger partial charge on any atom is -0.507 e. The number of piperazine rings is 1. The fourth-order valence-electron chi connectivity index (χ4n) is 3.44. The number of hydrogen-bond acceptors (Lipinski definition) is 5. The van der Waals surface area contributed by atoms with Crippen molar-refractivity contribution in [2.75, 3.05) is 26.2 Å². The van der Waals surface area contributed by atoms with Crippen LogP contribution in [-0.4, -0.2) is 57.9 Å². The van der Waals surface area contributed by atoms with Crippen molar-refractivity contribution in [2.24, 2.45) is 0 Å². The van der Waals surface area contributed by atoms with Gasteiger partial charge in [-0.1, -0.05) is 42.5 Å². The molecule has 1 aliphatic rings. The first kappa shape index (κ1) is 19.1. The normalized spacial score (nSPS) is 14.1. The average molecular weight is 407 g/mol. The summed E-state index contributed by atoms with van der Waals surface area (Å²) >= 11 is 1.40. The molecule has 1 N–H and O–H groups in total. The number of phenols is 1. The summed E-state index contributed by atoms with van der Waals surface area (Å²) in [7, 11) is 0. The van der Waals surface area contributed by atoms with Crippen LogP contribution in [0.15, 0.2) is 54.6 Å². The Labute approximate surface area is 173 Å². The number of aryl methyl sites for hydroxylation is 1. The lowest BCUT2D eigenvalue weighted by Crippen LogP contribution is -2.50. The predicted octanol–water partition coefficient (Wildman–Crippen LogP) is 3.42. The minimum absolute atomic E-state index is 0.0244. The maximum Gasteiger partial charge on any atom is 0.266 e. The lowest BCUT2D eigenvalue weighted by atomic mass is 10.1. The Balaban J connectivity index is 1.48. The fraction of sp³-hybridized carbons (Fsp3) is 0.227. The average Bonchev–Trinajstić information content (AvgIpc) is 3.15. The van der Waals surface area contributed by atoms with Crippen LogP contribution in [0.5, 0.6) is 5.75 Å². The summed E-state index contributed by atoms with van der Waals surface area (Å²) in [6.07, 6.45) is 0. The van der Waals surface area contributed by atoms with Crippen molar-refractivity contribution in [2.45, 2.75) is 6.92 Å². The summed E-state index contributed by atoms with van der Waals surface area (Å²) in [6.45, 7) is 3.65. The zero-order chi connectivity index (χ0) is 20.4. The number of rotatable bonds is 3. The van der Waals surface area contributed by atoms with Gasteiger partial charge in [-0.3, -0.25) is 9.59 Å². The molecule has 0 atom stereocenters. The van der Waals surface area contributed by atoms with Gasteiger partial charge >= 0.3 is 0 Å². The van der Waals surface area contributed by atoms with Crippen molar-refractivity contribution in [3.05, 3.63) is 70.0 Å². The van der Waals surface area contributed by atoms with Crippen LogP contribution in [-0.2, 0) is 0 Å². The second-order valence-corrected chi connectivity index (χ2v) is 8.08. The minimum atomic E-state index is -0.214. The third kappa shape index (κ3) is 3.86. The maximum atomic E-state index is 13.2. The molecule has 0 spiro atoms. The number of aromatic hydroxyl groups is 1. The molecule has 1 aromatic heterocycles. The summed E-state index contributed by atoms with van der Waals surface area (Å²) < 4.78 is 0. The second-order valence-electron chi connectivity index (χ2n) is 6.88. The number of phenolic OH excluding ortho intramolecular Hbond substituents is 1. The summed E-state index contributed by atoms with van der Waals surface area (Å²) in [5, 5.41) is 10.8. The largest absolute Gasteiger partial charge is 0.507 e. The highest BCUT2D eigenvalue weighted by atomic mass is 32.1. The molecule has 1 saturated heterocycles. The molecule has 148 valence electrons. The molecule has 2 heterocycles. The summed E-state index contributed by atoms with van der Waals surface area (Å²) in [5.74, 6) is -0.290. The van der Waals surface area contributed by atoms with E-state index in [-0.39, 0.29) is 23.1 Å². The first-order valence-corrected chi connectivity index (χ1v) is 10.3. The van der Waals surface area contributed by atoms with E-state index < -0.39 is 0 Å². The van der Waals surface area contributed by atoms with E-state index in [9.17, 15) is 14.7 Å². The number of thiazole rings is 1. The lowest BCUT2D eigenvalue weighted by molar-refractivity contribution is 0.0536. The van der Waals surface area contributed by atoms with Crippen molar-refractivity contribution in [1.82, 2.24) is 14.8 Å². The molecule has 7 heteroatoms. The van der Waals surface area contributed by atoms with E-state index in [4.69, 9.17) is 0 Å². The Morgan fingerprint density at radius 1 is 0.897 bits per heavy atom. The van der Waals surface area contributed by atoms with Crippen LogP contribution < -0.4 is 0 Å². The van der Waals surface area contributed by atoms with E-state index >= 15 is 0 Å². The Kier molecular flexibility index (Phi) is 5.31. The molecule has 29 heavy (non-hydrogen) atoms. The molecule has 2 aromatic carbocycles. The van der Waals surface area contributed by atoms with E-state index in [1.807, 2.05) is 37.3 Å². The van der Waals surface area contributed by atoms with E-state index in [0.29, 0.717) is 36.8 Å². The Morgan fingerprint density at radius 3 is 2.14 bits per heavy atom. The van der Waals surface area contributed by atoms with Gasteiger partial charge in [0.2, 0.25) is 0 Å². The van der Waals surface area contributed by atoms with Gasteiger partial charge in [-0.25, -0.2) is 4.98 Å². The molecule has 3 aromatic rings. The van der Waals surface area contributed by atoms with Crippen LogP contribution in [0, 0.1) is 6.92 Å². The summed E-state index contributed by atoms with van der Waals surface area (Å²) in [4.78, 5) is 34.5. The van der Waals surface area contributed by atoms with Crippen molar-refractivity contribution in [3.8, 4) is 17.0 Å². The molecule has 0 aliphatic carbocycles. The quantitative estimate of drug-likeness (QED) is 0.722. The van der Waals surface area contributed by atoms with Crippen LogP contribution >= 0.6 is 11.3 Å². The Hall–Kier alpha value is -3.19. The monoisotopic (exact) mass is 407 g/mol. The topological polar surface area (TPSA) is 73.7 Å². The summed E-state index contributed by atoms with van der Waals surface area (Å²) in [6, 6.07) is 16.2.